The van der Waals surface area contributed by atoms with Crippen LogP contribution in [-0.2, 0) is 4.74 Å². The van der Waals surface area contributed by atoms with Gasteiger partial charge in [0.1, 0.15) is 17.6 Å². The third kappa shape index (κ3) is 3.74. The molecule has 6 rings (SSSR count). The van der Waals surface area contributed by atoms with Crippen molar-refractivity contribution in [1.82, 2.24) is 19.6 Å². The van der Waals surface area contributed by atoms with Gasteiger partial charge >= 0.3 is 0 Å². The Morgan fingerprint density at radius 2 is 1.92 bits per heavy atom. The molecule has 0 aliphatic carbocycles. The van der Waals surface area contributed by atoms with Crippen LogP contribution in [0.25, 0.3) is 22.2 Å². The van der Waals surface area contributed by atoms with Crippen LogP contribution in [0.3, 0.4) is 0 Å². The Bertz CT molecular complexity index is 1460. The molecular weight excluding hydrogens is 464 g/mol. The number of ether oxygens (including phenoxy) is 1. The van der Waals surface area contributed by atoms with Crippen molar-refractivity contribution >= 4 is 16.7 Å². The van der Waals surface area contributed by atoms with E-state index < -0.39 is 11.6 Å². The van der Waals surface area contributed by atoms with Gasteiger partial charge in [-0.1, -0.05) is 11.2 Å². The molecule has 2 atom stereocenters. The van der Waals surface area contributed by atoms with E-state index in [0.29, 0.717) is 5.69 Å². The fraction of sp³-hybridized carbons (Fsp3) is 0.333. The lowest BCUT2D eigenvalue weighted by Crippen LogP contribution is -2.34. The molecule has 2 aromatic heterocycles. The topological polar surface area (TPSA) is 59.6 Å². The number of rotatable bonds is 4. The molecule has 2 aliphatic heterocycles. The largest absolute Gasteiger partial charge is 0.481 e. The van der Waals surface area contributed by atoms with Gasteiger partial charge in [0, 0.05) is 29.9 Å². The molecule has 0 spiro atoms. The fourth-order valence-electron chi connectivity index (χ4n) is 5.44. The molecule has 2 aliphatic rings. The molecule has 0 saturated carbocycles. The molecule has 36 heavy (non-hydrogen) atoms. The molecule has 0 bridgehead atoms. The first-order valence-corrected chi connectivity index (χ1v) is 12.0. The van der Waals surface area contributed by atoms with Crippen molar-refractivity contribution in [3.05, 3.63) is 77.6 Å². The highest BCUT2D eigenvalue weighted by Crippen LogP contribution is 2.38. The number of hydrogen-bond acceptors (Lipinski definition) is 6. The van der Waals surface area contributed by atoms with E-state index in [0.717, 1.165) is 65.0 Å². The second kappa shape index (κ2) is 8.74. The molecule has 4 heterocycles. The molecule has 186 valence electrons. The zero-order valence-corrected chi connectivity index (χ0v) is 20.4. The standard InChI is InChI=1S/C27H27F2N5O2/c1-16-26(17(2)36-31-16)18-4-7-24-23(12-18)30-27(34(24)20-8-10-32(3)14-20)25-9-11-35-15-33(25)19-5-6-21(28)22(29)13-19/h4-7,9,11-13,20,25H,8,10,14-15H2,1-3H3/t20-,25-/m0/s1. The highest BCUT2D eigenvalue weighted by Gasteiger charge is 2.32. The average Bonchev–Trinajstić information content (AvgIpc) is 3.56. The van der Waals surface area contributed by atoms with Crippen LogP contribution in [0.5, 0.6) is 0 Å². The van der Waals surface area contributed by atoms with Crippen molar-refractivity contribution in [2.75, 3.05) is 31.8 Å². The Morgan fingerprint density at radius 3 is 2.64 bits per heavy atom. The SMILES string of the molecule is Cc1noc(C)c1-c1ccc2c(c1)nc([C@@H]1C=COCN1c1ccc(F)c(F)c1)n2[C@H]1CCN(C)C1. The lowest BCUT2D eigenvalue weighted by atomic mass is 10.0. The summed E-state index contributed by atoms with van der Waals surface area (Å²) in [6, 6.07) is 10.1. The van der Waals surface area contributed by atoms with Gasteiger partial charge in [-0.2, -0.15) is 0 Å². The summed E-state index contributed by atoms with van der Waals surface area (Å²) in [5, 5.41) is 4.10. The van der Waals surface area contributed by atoms with Crippen molar-refractivity contribution in [2.45, 2.75) is 32.4 Å². The summed E-state index contributed by atoms with van der Waals surface area (Å²) in [5.41, 5.74) is 5.23. The number of anilines is 1. The van der Waals surface area contributed by atoms with Gasteiger partial charge in [0.05, 0.1) is 23.0 Å². The van der Waals surface area contributed by atoms with Crippen LogP contribution in [0.4, 0.5) is 14.5 Å². The monoisotopic (exact) mass is 491 g/mol. The van der Waals surface area contributed by atoms with E-state index in [-0.39, 0.29) is 18.8 Å². The summed E-state index contributed by atoms with van der Waals surface area (Å²) < 4.78 is 41.1. The summed E-state index contributed by atoms with van der Waals surface area (Å²) >= 11 is 0. The number of benzene rings is 2. The summed E-state index contributed by atoms with van der Waals surface area (Å²) in [6.45, 7) is 5.94. The van der Waals surface area contributed by atoms with Gasteiger partial charge < -0.3 is 23.6 Å². The van der Waals surface area contributed by atoms with Gasteiger partial charge in [0.25, 0.3) is 0 Å². The van der Waals surface area contributed by atoms with Crippen molar-refractivity contribution in [3.63, 3.8) is 0 Å². The van der Waals surface area contributed by atoms with E-state index in [4.69, 9.17) is 14.2 Å². The number of halogens is 2. The zero-order valence-electron chi connectivity index (χ0n) is 20.4. The van der Waals surface area contributed by atoms with E-state index in [1.807, 2.05) is 24.8 Å². The molecular formula is C27H27F2N5O2. The minimum atomic E-state index is -0.893. The van der Waals surface area contributed by atoms with Crippen LogP contribution in [0.15, 0.2) is 53.3 Å². The molecule has 0 unspecified atom stereocenters. The molecule has 9 heteroatoms. The number of aryl methyl sites for hydroxylation is 2. The second-order valence-electron chi connectivity index (χ2n) is 9.58. The van der Waals surface area contributed by atoms with E-state index in [1.165, 1.54) is 6.07 Å². The minimum absolute atomic E-state index is 0.199. The first kappa shape index (κ1) is 22.7. The Hall–Kier alpha value is -3.72. The minimum Gasteiger partial charge on any atom is -0.481 e. The molecule has 0 radical (unpaired) electrons. The van der Waals surface area contributed by atoms with Crippen molar-refractivity contribution in [3.8, 4) is 11.1 Å². The number of likely N-dealkylation sites (tertiary alicyclic amines) is 1. The van der Waals surface area contributed by atoms with Crippen LogP contribution in [0.2, 0.25) is 0 Å². The van der Waals surface area contributed by atoms with Crippen molar-refractivity contribution in [1.29, 1.82) is 0 Å². The van der Waals surface area contributed by atoms with Crippen LogP contribution >= 0.6 is 0 Å². The maximum atomic E-state index is 14.1. The highest BCUT2D eigenvalue weighted by molar-refractivity contribution is 5.84. The third-order valence-electron chi connectivity index (χ3n) is 7.18. The van der Waals surface area contributed by atoms with Crippen LogP contribution in [0, 0.1) is 25.5 Å². The highest BCUT2D eigenvalue weighted by atomic mass is 19.2. The van der Waals surface area contributed by atoms with Gasteiger partial charge in [-0.15, -0.1) is 0 Å². The zero-order chi connectivity index (χ0) is 25.0. The van der Waals surface area contributed by atoms with Crippen LogP contribution in [0.1, 0.15) is 35.8 Å². The maximum absolute atomic E-state index is 14.1. The molecule has 7 nitrogen and oxygen atoms in total. The van der Waals surface area contributed by atoms with Gasteiger partial charge in [0.2, 0.25) is 0 Å². The van der Waals surface area contributed by atoms with Crippen LogP contribution in [-0.4, -0.2) is 46.5 Å². The summed E-state index contributed by atoms with van der Waals surface area (Å²) in [5.74, 6) is -0.168. The number of likely N-dealkylation sites (N-methyl/N-ethyl adjacent to an activating group) is 1. The normalized spacial score (nSPS) is 20.4. The quantitative estimate of drug-likeness (QED) is 0.375. The fourth-order valence-corrected chi connectivity index (χ4v) is 5.44. The van der Waals surface area contributed by atoms with Crippen molar-refractivity contribution in [2.24, 2.45) is 0 Å². The molecule has 0 amide bonds. The molecule has 2 aromatic carbocycles. The summed E-state index contributed by atoms with van der Waals surface area (Å²) in [6.07, 6.45) is 4.57. The number of aromatic nitrogens is 3. The van der Waals surface area contributed by atoms with Crippen molar-refractivity contribution < 1.29 is 18.0 Å². The second-order valence-corrected chi connectivity index (χ2v) is 9.58. The predicted molar refractivity (Wildman–Crippen MR) is 133 cm³/mol. The first-order chi connectivity index (χ1) is 17.4. The third-order valence-corrected chi connectivity index (χ3v) is 7.18. The molecule has 1 fully saturated rings. The summed E-state index contributed by atoms with van der Waals surface area (Å²) in [4.78, 5) is 9.34. The Balaban J connectivity index is 1.51. The van der Waals surface area contributed by atoms with E-state index >= 15 is 0 Å². The van der Waals surface area contributed by atoms with Gasteiger partial charge in [0.15, 0.2) is 18.4 Å². The average molecular weight is 492 g/mol. The molecule has 1 saturated heterocycles. The first-order valence-electron chi connectivity index (χ1n) is 12.0. The Morgan fingerprint density at radius 1 is 1.06 bits per heavy atom. The van der Waals surface area contributed by atoms with Gasteiger partial charge in [-0.3, -0.25) is 0 Å². The number of fused-ring (bicyclic) bond motifs is 1. The van der Waals surface area contributed by atoms with E-state index in [2.05, 4.69) is 39.9 Å². The molecule has 4 aromatic rings. The lowest BCUT2D eigenvalue weighted by Gasteiger charge is -2.34. The Labute approximate surface area is 207 Å². The summed E-state index contributed by atoms with van der Waals surface area (Å²) in [7, 11) is 2.12. The number of imidazole rings is 1. The maximum Gasteiger partial charge on any atom is 0.161 e. The van der Waals surface area contributed by atoms with E-state index in [9.17, 15) is 8.78 Å². The molecule has 0 N–H and O–H groups in total. The van der Waals surface area contributed by atoms with Crippen LogP contribution < -0.4 is 4.90 Å². The number of hydrogen-bond donors (Lipinski definition) is 0. The number of nitrogens with zero attached hydrogens (tertiary/aromatic N) is 5. The van der Waals surface area contributed by atoms with E-state index in [1.54, 1.807) is 12.3 Å². The predicted octanol–water partition coefficient (Wildman–Crippen LogP) is 5.51. The van der Waals surface area contributed by atoms with Gasteiger partial charge in [-0.05, 0) is 69.8 Å². The smallest absolute Gasteiger partial charge is 0.161 e. The Kier molecular flexibility index (Phi) is 5.52. The lowest BCUT2D eigenvalue weighted by molar-refractivity contribution is 0.221. The van der Waals surface area contributed by atoms with Gasteiger partial charge in [-0.25, -0.2) is 13.8 Å².